The first kappa shape index (κ1) is 9.67. The molecule has 0 aliphatic heterocycles. The molecule has 0 spiro atoms. The molecule has 5 heteroatoms. The number of halogens is 1. The van der Waals surface area contributed by atoms with E-state index in [4.69, 9.17) is 11.6 Å². The number of rotatable bonds is 3. The number of carbonyl (C=O) groups excluding carboxylic acids is 1. The van der Waals surface area contributed by atoms with Gasteiger partial charge in [-0.25, -0.2) is 4.98 Å². The van der Waals surface area contributed by atoms with Gasteiger partial charge in [0.25, 0.3) is 0 Å². The maximum atomic E-state index is 10.7. The smallest absolute Gasteiger partial charge is 0.243 e. The molecule has 0 bridgehead atoms. The lowest BCUT2D eigenvalue weighted by atomic mass is 10.4. The molecule has 0 saturated carbocycles. The normalized spacial score (nSPS) is 9.31. The number of nitrogens with one attached hydrogen (secondary N) is 1. The predicted molar refractivity (Wildman–Crippen MR) is 49.1 cm³/mol. The first-order valence-electron chi connectivity index (χ1n) is 3.59. The van der Waals surface area contributed by atoms with E-state index in [0.717, 1.165) is 0 Å². The summed E-state index contributed by atoms with van der Waals surface area (Å²) in [7, 11) is 0. The van der Waals surface area contributed by atoms with Crippen LogP contribution in [0.5, 0.6) is 0 Å². The fraction of sp³-hybridized carbons (Fsp3) is 0.125. The van der Waals surface area contributed by atoms with Crippen LogP contribution >= 0.6 is 11.6 Å². The maximum absolute atomic E-state index is 10.7. The van der Waals surface area contributed by atoms with Crippen LogP contribution in [0.25, 0.3) is 0 Å². The van der Waals surface area contributed by atoms with Crippen LogP contribution in [0.1, 0.15) is 5.69 Å². The number of hydrogen-bond acceptors (Lipinski definition) is 3. The highest BCUT2D eigenvalue weighted by Crippen LogP contribution is 2.00. The van der Waals surface area contributed by atoms with Gasteiger partial charge in [0.15, 0.2) is 0 Å². The Hall–Kier alpha value is -1.42. The van der Waals surface area contributed by atoms with Crippen molar-refractivity contribution in [1.82, 2.24) is 15.3 Å². The molecule has 0 fully saturated rings. The van der Waals surface area contributed by atoms with Crippen LogP contribution in [0.4, 0.5) is 0 Å². The first-order chi connectivity index (χ1) is 6.22. The van der Waals surface area contributed by atoms with Crippen molar-refractivity contribution in [3.63, 3.8) is 0 Å². The van der Waals surface area contributed by atoms with Crippen LogP contribution in [-0.4, -0.2) is 15.9 Å². The highest BCUT2D eigenvalue weighted by Gasteiger charge is 1.97. The van der Waals surface area contributed by atoms with Gasteiger partial charge in [0.05, 0.1) is 24.6 Å². The molecule has 1 N–H and O–H groups in total. The summed E-state index contributed by atoms with van der Waals surface area (Å²) < 4.78 is 0. The second-order valence-corrected chi connectivity index (χ2v) is 2.64. The molecule has 1 heterocycles. The van der Waals surface area contributed by atoms with Crippen molar-refractivity contribution in [2.24, 2.45) is 0 Å². The molecule has 0 saturated heterocycles. The lowest BCUT2D eigenvalue weighted by Gasteiger charge is -2.00. The highest BCUT2D eigenvalue weighted by atomic mass is 35.5. The monoisotopic (exact) mass is 197 g/mol. The first-order valence-corrected chi connectivity index (χ1v) is 3.97. The van der Waals surface area contributed by atoms with E-state index in [2.05, 4.69) is 21.9 Å². The Morgan fingerprint density at radius 2 is 2.38 bits per heavy atom. The van der Waals surface area contributed by atoms with E-state index in [-0.39, 0.29) is 5.91 Å². The van der Waals surface area contributed by atoms with E-state index in [1.807, 2.05) is 0 Å². The van der Waals surface area contributed by atoms with Crippen LogP contribution in [0, 0.1) is 0 Å². The second kappa shape index (κ2) is 4.57. The molecule has 68 valence electrons. The van der Waals surface area contributed by atoms with Crippen molar-refractivity contribution in [2.45, 2.75) is 6.54 Å². The van der Waals surface area contributed by atoms with Crippen LogP contribution in [0.15, 0.2) is 25.0 Å². The van der Waals surface area contributed by atoms with Gasteiger partial charge in [0.1, 0.15) is 5.15 Å². The van der Waals surface area contributed by atoms with Crippen LogP contribution < -0.4 is 5.32 Å². The Morgan fingerprint density at radius 3 is 2.92 bits per heavy atom. The molecule has 0 aliphatic rings. The number of nitrogens with zero attached hydrogens (tertiary/aromatic N) is 2. The lowest BCUT2D eigenvalue weighted by molar-refractivity contribution is -0.116. The lowest BCUT2D eigenvalue weighted by Crippen LogP contribution is -2.20. The van der Waals surface area contributed by atoms with Crippen molar-refractivity contribution in [3.05, 3.63) is 35.9 Å². The molecule has 0 aromatic carbocycles. The van der Waals surface area contributed by atoms with Crippen molar-refractivity contribution in [3.8, 4) is 0 Å². The summed E-state index contributed by atoms with van der Waals surface area (Å²) in [5.41, 5.74) is 0.652. The van der Waals surface area contributed by atoms with Crippen molar-refractivity contribution in [2.75, 3.05) is 0 Å². The molecule has 0 aliphatic carbocycles. The standard InChI is InChI=1S/C8H8ClN3O/c1-2-8(13)12-4-6-3-11-7(9)5-10-6/h2-3,5H,1,4H2,(H,12,13). The Labute approximate surface area is 80.7 Å². The molecular formula is C8H8ClN3O. The minimum atomic E-state index is -0.239. The maximum Gasteiger partial charge on any atom is 0.243 e. The quantitative estimate of drug-likeness (QED) is 0.734. The average molecular weight is 198 g/mol. The average Bonchev–Trinajstić information content (AvgIpc) is 2.16. The fourth-order valence-corrected chi connectivity index (χ4v) is 0.778. The topological polar surface area (TPSA) is 54.9 Å². The van der Waals surface area contributed by atoms with E-state index >= 15 is 0 Å². The third-order valence-electron chi connectivity index (χ3n) is 1.30. The summed E-state index contributed by atoms with van der Waals surface area (Å²) in [4.78, 5) is 18.5. The van der Waals surface area contributed by atoms with E-state index in [1.54, 1.807) is 0 Å². The minimum absolute atomic E-state index is 0.239. The molecule has 4 nitrogen and oxygen atoms in total. The van der Waals surface area contributed by atoms with Crippen molar-refractivity contribution >= 4 is 17.5 Å². The Balaban J connectivity index is 2.50. The summed E-state index contributed by atoms with van der Waals surface area (Å²) in [5.74, 6) is -0.239. The number of carbonyl (C=O) groups is 1. The molecule has 1 aromatic heterocycles. The minimum Gasteiger partial charge on any atom is -0.347 e. The van der Waals surface area contributed by atoms with Crippen LogP contribution in [0.3, 0.4) is 0 Å². The summed E-state index contributed by atoms with van der Waals surface area (Å²) in [6.45, 7) is 3.65. The Morgan fingerprint density at radius 1 is 1.62 bits per heavy atom. The van der Waals surface area contributed by atoms with E-state index in [1.165, 1.54) is 18.5 Å². The second-order valence-electron chi connectivity index (χ2n) is 2.25. The predicted octanol–water partition coefficient (Wildman–Crippen LogP) is 0.932. The van der Waals surface area contributed by atoms with Crippen LogP contribution in [-0.2, 0) is 11.3 Å². The number of amides is 1. The van der Waals surface area contributed by atoms with E-state index in [9.17, 15) is 4.79 Å². The third kappa shape index (κ3) is 3.21. The molecule has 0 atom stereocenters. The van der Waals surface area contributed by atoms with Crippen molar-refractivity contribution in [1.29, 1.82) is 0 Å². The zero-order valence-electron chi connectivity index (χ0n) is 6.83. The zero-order chi connectivity index (χ0) is 9.68. The summed E-state index contributed by atoms with van der Waals surface area (Å²) in [6.07, 6.45) is 4.13. The van der Waals surface area contributed by atoms with Gasteiger partial charge in [0.2, 0.25) is 5.91 Å². The van der Waals surface area contributed by atoms with Gasteiger partial charge in [0, 0.05) is 0 Å². The molecular weight excluding hydrogens is 190 g/mol. The van der Waals surface area contributed by atoms with Gasteiger partial charge in [-0.1, -0.05) is 18.2 Å². The molecule has 1 rings (SSSR count). The van der Waals surface area contributed by atoms with Gasteiger partial charge in [-0.05, 0) is 6.08 Å². The van der Waals surface area contributed by atoms with Crippen LogP contribution in [0.2, 0.25) is 5.15 Å². The summed E-state index contributed by atoms with van der Waals surface area (Å²) in [6, 6.07) is 0. The fourth-order valence-electron chi connectivity index (χ4n) is 0.680. The highest BCUT2D eigenvalue weighted by molar-refractivity contribution is 6.29. The van der Waals surface area contributed by atoms with Crippen molar-refractivity contribution < 1.29 is 4.79 Å². The molecule has 1 amide bonds. The third-order valence-corrected chi connectivity index (χ3v) is 1.50. The SMILES string of the molecule is C=CC(=O)NCc1cnc(Cl)cn1. The summed E-state index contributed by atoms with van der Waals surface area (Å²) >= 11 is 5.52. The van der Waals surface area contributed by atoms with Gasteiger partial charge in [-0.15, -0.1) is 0 Å². The number of aromatic nitrogens is 2. The summed E-state index contributed by atoms with van der Waals surface area (Å²) in [5, 5.41) is 2.90. The Kier molecular flexibility index (Phi) is 3.40. The van der Waals surface area contributed by atoms with Gasteiger partial charge < -0.3 is 5.32 Å². The molecule has 1 aromatic rings. The molecule has 0 radical (unpaired) electrons. The van der Waals surface area contributed by atoms with E-state index < -0.39 is 0 Å². The van der Waals surface area contributed by atoms with E-state index in [0.29, 0.717) is 17.4 Å². The molecule has 13 heavy (non-hydrogen) atoms. The van der Waals surface area contributed by atoms with Gasteiger partial charge >= 0.3 is 0 Å². The van der Waals surface area contributed by atoms with Gasteiger partial charge in [-0.2, -0.15) is 0 Å². The van der Waals surface area contributed by atoms with Gasteiger partial charge in [-0.3, -0.25) is 9.78 Å². The number of hydrogen-bond donors (Lipinski definition) is 1. The largest absolute Gasteiger partial charge is 0.347 e. The molecule has 0 unspecified atom stereocenters. The zero-order valence-corrected chi connectivity index (χ0v) is 7.58. The Bertz CT molecular complexity index is 310.